The highest BCUT2D eigenvalue weighted by molar-refractivity contribution is 6.28. The highest BCUT2D eigenvalue weighted by atomic mass is 35.5. The summed E-state index contributed by atoms with van der Waals surface area (Å²) >= 11 is 5.94. The van der Waals surface area contributed by atoms with Crippen LogP contribution in [0.5, 0.6) is 0 Å². The molecule has 3 aromatic heterocycles. The maximum Gasteiger partial charge on any atom is 0.332 e. The van der Waals surface area contributed by atoms with Crippen LogP contribution >= 0.6 is 11.6 Å². The van der Waals surface area contributed by atoms with E-state index in [2.05, 4.69) is 20.1 Å². The third kappa shape index (κ3) is 4.93. The van der Waals surface area contributed by atoms with Gasteiger partial charge in [-0.3, -0.25) is 13.9 Å². The number of unbranched alkanes of at least 4 members (excludes halogenated alkanes) is 1. The van der Waals surface area contributed by atoms with Crippen molar-refractivity contribution < 1.29 is 13.3 Å². The van der Waals surface area contributed by atoms with Gasteiger partial charge >= 0.3 is 5.69 Å². The minimum atomic E-state index is -0.900. The predicted molar refractivity (Wildman–Crippen MR) is 121 cm³/mol. The zero-order valence-electron chi connectivity index (χ0n) is 18.5. The largest absolute Gasteiger partial charge is 0.339 e. The first-order valence-electron chi connectivity index (χ1n) is 11.0. The third-order valence-corrected chi connectivity index (χ3v) is 5.68. The Hall–Kier alpha value is -3.34. The van der Waals surface area contributed by atoms with Crippen LogP contribution in [0.3, 0.4) is 0 Å². The summed E-state index contributed by atoms with van der Waals surface area (Å²) in [5.74, 6) is -1.08. The molecule has 1 N–H and O–H groups in total. The van der Waals surface area contributed by atoms with E-state index in [0.717, 1.165) is 23.5 Å². The van der Waals surface area contributed by atoms with E-state index in [9.17, 15) is 18.4 Å². The highest BCUT2D eigenvalue weighted by Crippen LogP contribution is 2.14. The van der Waals surface area contributed by atoms with Crippen LogP contribution in [-0.2, 0) is 32.4 Å². The molecule has 0 fully saturated rings. The number of benzene rings is 1. The summed E-state index contributed by atoms with van der Waals surface area (Å²) in [7, 11) is 0. The van der Waals surface area contributed by atoms with Gasteiger partial charge in [-0.1, -0.05) is 30.6 Å². The van der Waals surface area contributed by atoms with Crippen LogP contribution in [-0.4, -0.2) is 29.2 Å². The SMILES string of the molecule is CCCCn1c(=O)n(CCCc2noc(CCc3cccc(F)c3F)n2)c(=O)c2[nH]c(Cl)nc21. The van der Waals surface area contributed by atoms with E-state index in [1.165, 1.54) is 16.7 Å². The van der Waals surface area contributed by atoms with Crippen molar-refractivity contribution in [2.45, 2.75) is 58.5 Å². The Kier molecular flexibility index (Phi) is 7.20. The Morgan fingerprint density at radius 1 is 1.06 bits per heavy atom. The minimum Gasteiger partial charge on any atom is -0.339 e. The number of hydrogen-bond donors (Lipinski definition) is 1. The van der Waals surface area contributed by atoms with Crippen LogP contribution in [0.1, 0.15) is 43.5 Å². The lowest BCUT2D eigenvalue weighted by Crippen LogP contribution is -2.40. The van der Waals surface area contributed by atoms with Crippen molar-refractivity contribution in [3.05, 3.63) is 73.2 Å². The maximum atomic E-state index is 13.8. The number of nitrogens with zero attached hydrogens (tertiary/aromatic N) is 5. The standard InChI is InChI=1S/C22H23ClF2N6O3/c1-2-3-11-30-19-18(27-21(23)28-19)20(32)31(22(30)33)12-5-8-15-26-16(34-29-15)10-9-13-6-4-7-14(24)17(13)25/h4,6-7H,2-3,5,8-12H2,1H3,(H,27,28). The molecule has 0 bridgehead atoms. The molecule has 0 atom stereocenters. The molecule has 1 aromatic carbocycles. The minimum absolute atomic E-state index is 0.0481. The number of halogens is 3. The van der Waals surface area contributed by atoms with Crippen molar-refractivity contribution in [1.29, 1.82) is 0 Å². The summed E-state index contributed by atoms with van der Waals surface area (Å²) < 4.78 is 34.9. The third-order valence-electron chi connectivity index (χ3n) is 5.50. The lowest BCUT2D eigenvalue weighted by molar-refractivity contribution is 0.371. The molecule has 3 heterocycles. The van der Waals surface area contributed by atoms with Crippen molar-refractivity contribution in [3.8, 4) is 0 Å². The molecule has 4 rings (SSSR count). The Morgan fingerprint density at radius 2 is 1.85 bits per heavy atom. The normalized spacial score (nSPS) is 11.5. The Bertz CT molecular complexity index is 1420. The van der Waals surface area contributed by atoms with Crippen molar-refractivity contribution in [2.24, 2.45) is 0 Å². The van der Waals surface area contributed by atoms with Gasteiger partial charge < -0.3 is 9.51 Å². The summed E-state index contributed by atoms with van der Waals surface area (Å²) in [5.41, 5.74) is -0.264. The van der Waals surface area contributed by atoms with Crippen LogP contribution in [0.25, 0.3) is 11.2 Å². The Balaban J connectivity index is 1.43. The zero-order valence-corrected chi connectivity index (χ0v) is 19.2. The molecule has 0 aliphatic carbocycles. The molecule has 0 unspecified atom stereocenters. The van der Waals surface area contributed by atoms with Gasteiger partial charge in [0.15, 0.2) is 28.6 Å². The molecule has 12 heteroatoms. The summed E-state index contributed by atoms with van der Waals surface area (Å²) in [6.07, 6.45) is 2.87. The van der Waals surface area contributed by atoms with Gasteiger partial charge in [-0.05, 0) is 42.5 Å². The summed E-state index contributed by atoms with van der Waals surface area (Å²) in [6.45, 7) is 2.58. The summed E-state index contributed by atoms with van der Waals surface area (Å²) in [6, 6.07) is 4.01. The molecule has 0 amide bonds. The fraction of sp³-hybridized carbons (Fsp3) is 0.409. The molecule has 0 radical (unpaired) electrons. The van der Waals surface area contributed by atoms with Crippen LogP contribution in [0.4, 0.5) is 8.78 Å². The van der Waals surface area contributed by atoms with Crippen LogP contribution in [0.2, 0.25) is 5.28 Å². The molecule has 0 saturated heterocycles. The highest BCUT2D eigenvalue weighted by Gasteiger charge is 2.17. The van der Waals surface area contributed by atoms with Crippen molar-refractivity contribution in [2.75, 3.05) is 0 Å². The van der Waals surface area contributed by atoms with E-state index in [0.29, 0.717) is 31.1 Å². The summed E-state index contributed by atoms with van der Waals surface area (Å²) in [4.78, 5) is 36.9. The van der Waals surface area contributed by atoms with E-state index in [1.807, 2.05) is 6.92 Å². The van der Waals surface area contributed by atoms with Crippen LogP contribution < -0.4 is 11.2 Å². The second-order valence-corrected chi connectivity index (χ2v) is 8.25. The van der Waals surface area contributed by atoms with Crippen molar-refractivity contribution >= 4 is 22.8 Å². The molecule has 0 aliphatic rings. The molecule has 0 aliphatic heterocycles. The number of fused-ring (bicyclic) bond motifs is 1. The molecule has 9 nitrogen and oxygen atoms in total. The average molecular weight is 493 g/mol. The first kappa shape index (κ1) is 23.8. The van der Waals surface area contributed by atoms with Crippen molar-refractivity contribution in [1.82, 2.24) is 29.2 Å². The Morgan fingerprint density at radius 3 is 2.65 bits per heavy atom. The topological polar surface area (TPSA) is 112 Å². The van der Waals surface area contributed by atoms with Gasteiger partial charge in [0.05, 0.1) is 0 Å². The molecule has 4 aromatic rings. The lowest BCUT2D eigenvalue weighted by atomic mass is 10.1. The first-order chi connectivity index (χ1) is 16.4. The van der Waals surface area contributed by atoms with Gasteiger partial charge in [-0.25, -0.2) is 13.6 Å². The maximum absolute atomic E-state index is 13.8. The quantitative estimate of drug-likeness (QED) is 0.339. The lowest BCUT2D eigenvalue weighted by Gasteiger charge is -2.10. The van der Waals surface area contributed by atoms with Gasteiger partial charge in [0, 0.05) is 25.9 Å². The second-order valence-electron chi connectivity index (χ2n) is 7.89. The van der Waals surface area contributed by atoms with E-state index >= 15 is 0 Å². The van der Waals surface area contributed by atoms with Gasteiger partial charge in [0.25, 0.3) is 5.56 Å². The number of imidazole rings is 1. The summed E-state index contributed by atoms with van der Waals surface area (Å²) in [5, 5.41) is 3.95. The Labute approximate surface area is 197 Å². The van der Waals surface area contributed by atoms with Gasteiger partial charge in [0.1, 0.15) is 0 Å². The van der Waals surface area contributed by atoms with E-state index < -0.39 is 22.9 Å². The average Bonchev–Trinajstić information content (AvgIpc) is 3.43. The predicted octanol–water partition coefficient (Wildman–Crippen LogP) is 3.42. The number of hydrogen-bond acceptors (Lipinski definition) is 6. The van der Waals surface area contributed by atoms with Gasteiger partial charge in [-0.2, -0.15) is 9.97 Å². The fourth-order valence-electron chi connectivity index (χ4n) is 3.73. The molecular formula is C22H23ClF2N6O3. The molecule has 34 heavy (non-hydrogen) atoms. The molecular weight excluding hydrogens is 470 g/mol. The number of aromatic nitrogens is 6. The molecule has 0 spiro atoms. The number of aryl methyl sites for hydroxylation is 4. The van der Waals surface area contributed by atoms with E-state index in [4.69, 9.17) is 16.1 Å². The van der Waals surface area contributed by atoms with Gasteiger partial charge in [0.2, 0.25) is 11.2 Å². The van der Waals surface area contributed by atoms with Crippen LogP contribution in [0, 0.1) is 11.6 Å². The fourth-order valence-corrected chi connectivity index (χ4v) is 3.90. The van der Waals surface area contributed by atoms with Crippen LogP contribution in [0.15, 0.2) is 32.3 Å². The zero-order chi connectivity index (χ0) is 24.2. The van der Waals surface area contributed by atoms with E-state index in [-0.39, 0.29) is 41.4 Å². The van der Waals surface area contributed by atoms with Crippen molar-refractivity contribution in [3.63, 3.8) is 0 Å². The second kappa shape index (κ2) is 10.3. The number of nitrogens with one attached hydrogen (secondary N) is 1. The van der Waals surface area contributed by atoms with E-state index in [1.54, 1.807) is 0 Å². The van der Waals surface area contributed by atoms with Gasteiger partial charge in [-0.15, -0.1) is 0 Å². The number of rotatable bonds is 10. The number of H-pyrrole nitrogens is 1. The number of aromatic amines is 1. The smallest absolute Gasteiger partial charge is 0.332 e. The first-order valence-corrected chi connectivity index (χ1v) is 11.4. The monoisotopic (exact) mass is 492 g/mol. The molecule has 180 valence electrons. The molecule has 0 saturated carbocycles.